The summed E-state index contributed by atoms with van der Waals surface area (Å²) in [5, 5.41) is 2.87. The van der Waals surface area contributed by atoms with Gasteiger partial charge in [-0.3, -0.25) is 9.52 Å². The minimum absolute atomic E-state index is 0.158. The number of benzene rings is 3. The summed E-state index contributed by atoms with van der Waals surface area (Å²) in [6.45, 7) is 3.93. The first-order valence-electron chi connectivity index (χ1n) is 9.52. The third kappa shape index (κ3) is 5.61. The van der Waals surface area contributed by atoms with E-state index in [2.05, 4.69) is 10.0 Å². The first kappa shape index (κ1) is 21.4. The lowest BCUT2D eigenvalue weighted by atomic mass is 10.1. The van der Waals surface area contributed by atoms with E-state index in [1.807, 2.05) is 37.3 Å². The van der Waals surface area contributed by atoms with Crippen molar-refractivity contribution in [1.29, 1.82) is 0 Å². The maximum atomic E-state index is 12.6. The monoisotopic (exact) mass is 424 g/mol. The highest BCUT2D eigenvalue weighted by Gasteiger charge is 2.17. The van der Waals surface area contributed by atoms with Gasteiger partial charge < -0.3 is 10.1 Å². The van der Waals surface area contributed by atoms with Crippen LogP contribution in [0.2, 0.25) is 0 Å². The van der Waals surface area contributed by atoms with Gasteiger partial charge in [0.25, 0.3) is 15.9 Å². The zero-order valence-electron chi connectivity index (χ0n) is 16.8. The van der Waals surface area contributed by atoms with E-state index in [-0.39, 0.29) is 16.8 Å². The fourth-order valence-corrected chi connectivity index (χ4v) is 3.91. The molecule has 1 amide bonds. The molecule has 7 heteroatoms. The van der Waals surface area contributed by atoms with E-state index in [9.17, 15) is 13.2 Å². The highest BCUT2D eigenvalue weighted by molar-refractivity contribution is 7.92. The molecule has 3 aromatic carbocycles. The summed E-state index contributed by atoms with van der Waals surface area (Å²) < 4.78 is 33.4. The molecule has 0 aromatic heterocycles. The fraction of sp³-hybridized carbons (Fsp3) is 0.174. The summed E-state index contributed by atoms with van der Waals surface area (Å²) >= 11 is 0. The highest BCUT2D eigenvalue weighted by Crippen LogP contribution is 2.21. The predicted molar refractivity (Wildman–Crippen MR) is 117 cm³/mol. The van der Waals surface area contributed by atoms with Gasteiger partial charge in [-0.2, -0.15) is 0 Å². The maximum Gasteiger partial charge on any atom is 0.261 e. The van der Waals surface area contributed by atoms with Crippen molar-refractivity contribution in [3.8, 4) is 5.75 Å². The van der Waals surface area contributed by atoms with Gasteiger partial charge in [-0.25, -0.2) is 8.42 Å². The molecule has 0 heterocycles. The molecule has 30 heavy (non-hydrogen) atoms. The first-order valence-corrected chi connectivity index (χ1v) is 11.0. The van der Waals surface area contributed by atoms with Gasteiger partial charge in [0.1, 0.15) is 12.4 Å². The van der Waals surface area contributed by atoms with Gasteiger partial charge in [-0.15, -0.1) is 0 Å². The van der Waals surface area contributed by atoms with Crippen LogP contribution < -0.4 is 14.8 Å². The molecule has 0 bridgehead atoms. The molecule has 0 radical (unpaired) electrons. The van der Waals surface area contributed by atoms with Gasteiger partial charge in [0.2, 0.25) is 0 Å². The van der Waals surface area contributed by atoms with Crippen molar-refractivity contribution in [3.63, 3.8) is 0 Å². The second-order valence-corrected chi connectivity index (χ2v) is 8.63. The molecule has 6 nitrogen and oxygen atoms in total. The van der Waals surface area contributed by atoms with Crippen LogP contribution in [-0.4, -0.2) is 27.0 Å². The number of hydrogen-bond acceptors (Lipinski definition) is 4. The van der Waals surface area contributed by atoms with Crippen molar-refractivity contribution >= 4 is 21.6 Å². The summed E-state index contributed by atoms with van der Waals surface area (Å²) in [6, 6.07) is 22.1. The number of amides is 1. The van der Waals surface area contributed by atoms with E-state index in [0.29, 0.717) is 23.4 Å². The maximum absolute atomic E-state index is 12.6. The fourth-order valence-electron chi connectivity index (χ4n) is 2.76. The van der Waals surface area contributed by atoms with Crippen molar-refractivity contribution in [2.24, 2.45) is 0 Å². The minimum Gasteiger partial charge on any atom is -0.491 e. The number of ether oxygens (including phenoxy) is 1. The Hall–Kier alpha value is -3.32. The van der Waals surface area contributed by atoms with E-state index >= 15 is 0 Å². The van der Waals surface area contributed by atoms with Crippen LogP contribution in [0.5, 0.6) is 5.75 Å². The summed E-state index contributed by atoms with van der Waals surface area (Å²) in [5.74, 6) is 0.422. The molecule has 0 saturated carbocycles. The van der Waals surface area contributed by atoms with Gasteiger partial charge in [0.05, 0.1) is 16.6 Å². The molecule has 0 aliphatic heterocycles. The smallest absolute Gasteiger partial charge is 0.261 e. The molecule has 2 N–H and O–H groups in total. The van der Waals surface area contributed by atoms with E-state index in [1.165, 1.54) is 18.2 Å². The molecule has 0 saturated heterocycles. The van der Waals surface area contributed by atoms with Crippen LogP contribution in [0.25, 0.3) is 0 Å². The van der Waals surface area contributed by atoms with Crippen LogP contribution in [-0.2, 0) is 10.0 Å². The highest BCUT2D eigenvalue weighted by atomic mass is 32.2. The molecule has 3 aromatic rings. The number of para-hydroxylation sites is 1. The lowest BCUT2D eigenvalue weighted by Crippen LogP contribution is -2.36. The van der Waals surface area contributed by atoms with Gasteiger partial charge in [-0.1, -0.05) is 42.5 Å². The number of carbonyl (C=O) groups is 1. The number of rotatable bonds is 8. The van der Waals surface area contributed by atoms with E-state index in [1.54, 1.807) is 37.3 Å². The normalized spacial score (nSPS) is 12.1. The Bertz CT molecular complexity index is 1100. The average Bonchev–Trinajstić information content (AvgIpc) is 2.75. The van der Waals surface area contributed by atoms with Crippen molar-refractivity contribution in [1.82, 2.24) is 5.32 Å². The molecule has 1 atom stereocenters. The van der Waals surface area contributed by atoms with Crippen molar-refractivity contribution < 1.29 is 17.9 Å². The van der Waals surface area contributed by atoms with E-state index < -0.39 is 10.0 Å². The second-order valence-electron chi connectivity index (χ2n) is 6.95. The molecular formula is C23H24N2O4S. The zero-order chi connectivity index (χ0) is 21.6. The molecule has 0 aliphatic rings. The SMILES string of the molecule is Cc1ccc(C(=O)N[C@@H](C)COc2ccccc2)cc1NS(=O)(=O)c1ccccc1. The predicted octanol–water partition coefficient (Wildman–Crippen LogP) is 3.99. The Labute approximate surface area is 177 Å². The quantitative estimate of drug-likeness (QED) is 0.573. The third-order valence-electron chi connectivity index (χ3n) is 4.42. The number of sulfonamides is 1. The minimum atomic E-state index is -3.74. The lowest BCUT2D eigenvalue weighted by Gasteiger charge is -2.16. The largest absolute Gasteiger partial charge is 0.491 e. The van der Waals surface area contributed by atoms with Gasteiger partial charge >= 0.3 is 0 Å². The van der Waals surface area contributed by atoms with Gasteiger partial charge in [0.15, 0.2) is 0 Å². The summed E-state index contributed by atoms with van der Waals surface area (Å²) in [4.78, 5) is 12.8. The molecule has 3 rings (SSSR count). The Morgan fingerprint density at radius 1 is 0.967 bits per heavy atom. The number of hydrogen-bond donors (Lipinski definition) is 2. The van der Waals surface area contributed by atoms with Crippen LogP contribution in [0.15, 0.2) is 83.8 Å². The van der Waals surface area contributed by atoms with Crippen LogP contribution in [0.1, 0.15) is 22.8 Å². The summed E-state index contributed by atoms with van der Waals surface area (Å²) in [5.41, 5.74) is 1.43. The van der Waals surface area contributed by atoms with Crippen molar-refractivity contribution in [2.75, 3.05) is 11.3 Å². The molecule has 0 fully saturated rings. The Kier molecular flexibility index (Phi) is 6.74. The van der Waals surface area contributed by atoms with Crippen LogP contribution in [0.4, 0.5) is 5.69 Å². The lowest BCUT2D eigenvalue weighted by molar-refractivity contribution is 0.0926. The molecule has 156 valence electrons. The average molecular weight is 425 g/mol. The first-order chi connectivity index (χ1) is 14.3. The van der Waals surface area contributed by atoms with E-state index in [0.717, 1.165) is 5.75 Å². The van der Waals surface area contributed by atoms with Crippen LogP contribution in [0.3, 0.4) is 0 Å². The molecule has 0 unspecified atom stereocenters. The van der Waals surface area contributed by atoms with Crippen molar-refractivity contribution in [2.45, 2.75) is 24.8 Å². The molecule has 0 aliphatic carbocycles. The van der Waals surface area contributed by atoms with Crippen LogP contribution >= 0.6 is 0 Å². The number of anilines is 1. The second kappa shape index (κ2) is 9.45. The van der Waals surface area contributed by atoms with E-state index in [4.69, 9.17) is 4.74 Å². The van der Waals surface area contributed by atoms with Gasteiger partial charge in [0, 0.05) is 5.56 Å². The van der Waals surface area contributed by atoms with Crippen LogP contribution in [0, 0.1) is 6.92 Å². The molecule has 0 spiro atoms. The standard InChI is InChI=1S/C23H24N2O4S/c1-17-13-14-19(15-22(17)25-30(27,28)21-11-7-4-8-12-21)23(26)24-18(2)16-29-20-9-5-3-6-10-20/h3-15,18,25H,16H2,1-2H3,(H,24,26)/t18-/m0/s1. The third-order valence-corrected chi connectivity index (χ3v) is 5.80. The Morgan fingerprint density at radius 2 is 1.60 bits per heavy atom. The zero-order valence-corrected chi connectivity index (χ0v) is 17.6. The number of aryl methyl sites for hydroxylation is 1. The number of carbonyl (C=O) groups excluding carboxylic acids is 1. The van der Waals surface area contributed by atoms with Gasteiger partial charge in [-0.05, 0) is 55.8 Å². The summed E-state index contributed by atoms with van der Waals surface area (Å²) in [6.07, 6.45) is 0. The Balaban J connectivity index is 1.67. The summed E-state index contributed by atoms with van der Waals surface area (Å²) in [7, 11) is -3.74. The molecular weight excluding hydrogens is 400 g/mol. The van der Waals surface area contributed by atoms with Crippen molar-refractivity contribution in [3.05, 3.63) is 90.0 Å². The topological polar surface area (TPSA) is 84.5 Å². The Morgan fingerprint density at radius 3 is 2.27 bits per heavy atom. The number of nitrogens with one attached hydrogen (secondary N) is 2.